The fraction of sp³-hybridized carbons (Fsp3) is 0.385. The maximum absolute atomic E-state index is 11.1. The summed E-state index contributed by atoms with van der Waals surface area (Å²) < 4.78 is 4.93. The summed E-state index contributed by atoms with van der Waals surface area (Å²) in [5, 5.41) is 10.6. The van der Waals surface area contributed by atoms with E-state index in [1.165, 1.54) is 5.56 Å². The number of rotatable bonds is 4. The maximum Gasteiger partial charge on any atom is 0.408 e. The summed E-state index contributed by atoms with van der Waals surface area (Å²) >= 11 is 0. The number of nitriles is 1. The largest absolute Gasteiger partial charge is 0.445 e. The minimum absolute atomic E-state index is 0.0366. The number of hydrogen-bond acceptors (Lipinski definition) is 3. The number of amides is 1. The highest BCUT2D eigenvalue weighted by Gasteiger charge is 2.02. The molecule has 1 amide bonds. The van der Waals surface area contributed by atoms with Crippen LogP contribution in [0.25, 0.3) is 0 Å². The van der Waals surface area contributed by atoms with Gasteiger partial charge in [-0.2, -0.15) is 5.26 Å². The Kier molecular flexibility index (Phi) is 5.02. The topological polar surface area (TPSA) is 62.1 Å². The molecule has 0 heterocycles. The lowest BCUT2D eigenvalue weighted by molar-refractivity contribution is 0.141. The van der Waals surface area contributed by atoms with Gasteiger partial charge >= 0.3 is 6.09 Å². The van der Waals surface area contributed by atoms with Crippen LogP contribution in [0.15, 0.2) is 24.3 Å². The third-order valence-corrected chi connectivity index (χ3v) is 2.33. The number of hydrogen-bond donors (Lipinski definition) is 1. The lowest BCUT2D eigenvalue weighted by atomic mass is 10.0. The van der Waals surface area contributed by atoms with Crippen molar-refractivity contribution in [2.45, 2.75) is 26.4 Å². The van der Waals surface area contributed by atoms with E-state index in [0.717, 1.165) is 5.56 Å². The van der Waals surface area contributed by atoms with E-state index in [2.05, 4.69) is 19.2 Å². The van der Waals surface area contributed by atoms with E-state index < -0.39 is 6.09 Å². The van der Waals surface area contributed by atoms with Crippen molar-refractivity contribution in [1.82, 2.24) is 5.32 Å². The van der Waals surface area contributed by atoms with E-state index in [-0.39, 0.29) is 13.2 Å². The first-order valence-corrected chi connectivity index (χ1v) is 5.50. The second-order valence-corrected chi connectivity index (χ2v) is 3.98. The summed E-state index contributed by atoms with van der Waals surface area (Å²) in [5.41, 5.74) is 2.18. The molecule has 0 saturated heterocycles. The minimum atomic E-state index is -0.570. The molecular weight excluding hydrogens is 216 g/mol. The lowest BCUT2D eigenvalue weighted by Crippen LogP contribution is -2.24. The molecule has 0 bridgehead atoms. The van der Waals surface area contributed by atoms with E-state index in [0.29, 0.717) is 5.92 Å². The fourth-order valence-electron chi connectivity index (χ4n) is 1.31. The Hall–Kier alpha value is -2.02. The van der Waals surface area contributed by atoms with E-state index in [1.54, 1.807) is 6.07 Å². The van der Waals surface area contributed by atoms with Crippen molar-refractivity contribution in [1.29, 1.82) is 5.26 Å². The van der Waals surface area contributed by atoms with Gasteiger partial charge < -0.3 is 10.1 Å². The Morgan fingerprint density at radius 2 is 2.06 bits per heavy atom. The smallest absolute Gasteiger partial charge is 0.408 e. The van der Waals surface area contributed by atoms with Crippen molar-refractivity contribution in [2.24, 2.45) is 0 Å². The number of benzene rings is 1. The van der Waals surface area contributed by atoms with Crippen LogP contribution in [-0.4, -0.2) is 12.6 Å². The van der Waals surface area contributed by atoms with Crippen LogP contribution >= 0.6 is 0 Å². The normalized spacial score (nSPS) is 9.76. The summed E-state index contributed by atoms with van der Waals surface area (Å²) in [6, 6.07) is 9.73. The Morgan fingerprint density at radius 3 is 2.59 bits per heavy atom. The van der Waals surface area contributed by atoms with E-state index in [9.17, 15) is 4.79 Å². The number of alkyl carbamates (subject to hydrolysis) is 1. The standard InChI is InChI=1S/C13H16N2O2/c1-10(2)12-5-3-11(4-6-12)9-17-13(16)15-8-7-14/h3-6,10H,8-9H2,1-2H3,(H,15,16). The van der Waals surface area contributed by atoms with Gasteiger partial charge in [-0.05, 0) is 17.0 Å². The van der Waals surface area contributed by atoms with Crippen molar-refractivity contribution < 1.29 is 9.53 Å². The van der Waals surface area contributed by atoms with Gasteiger partial charge in [0.05, 0.1) is 6.07 Å². The van der Waals surface area contributed by atoms with Gasteiger partial charge in [-0.15, -0.1) is 0 Å². The van der Waals surface area contributed by atoms with Crippen LogP contribution in [0, 0.1) is 11.3 Å². The summed E-state index contributed by atoms with van der Waals surface area (Å²) in [4.78, 5) is 11.1. The molecule has 1 rings (SSSR count). The van der Waals surface area contributed by atoms with Gasteiger partial charge in [-0.25, -0.2) is 4.79 Å². The maximum atomic E-state index is 11.1. The first-order chi connectivity index (χ1) is 8.13. The molecule has 0 radical (unpaired) electrons. The van der Waals surface area contributed by atoms with Crippen LogP contribution in [0.1, 0.15) is 30.9 Å². The Bertz CT molecular complexity index is 404. The zero-order valence-electron chi connectivity index (χ0n) is 10.1. The SMILES string of the molecule is CC(C)c1ccc(COC(=O)NCC#N)cc1. The van der Waals surface area contributed by atoms with Gasteiger partial charge in [-0.3, -0.25) is 0 Å². The van der Waals surface area contributed by atoms with Crippen molar-refractivity contribution in [2.75, 3.05) is 6.54 Å². The number of carbonyl (C=O) groups excluding carboxylic acids is 1. The van der Waals surface area contributed by atoms with Gasteiger partial charge in [0.25, 0.3) is 0 Å². The molecule has 90 valence electrons. The molecule has 4 heteroatoms. The first-order valence-electron chi connectivity index (χ1n) is 5.50. The second-order valence-electron chi connectivity index (χ2n) is 3.98. The highest BCUT2D eigenvalue weighted by Crippen LogP contribution is 2.14. The van der Waals surface area contributed by atoms with Gasteiger partial charge in [0.2, 0.25) is 0 Å². The molecular formula is C13H16N2O2. The number of nitrogens with zero attached hydrogens (tertiary/aromatic N) is 1. The molecule has 0 aliphatic rings. The zero-order chi connectivity index (χ0) is 12.7. The van der Waals surface area contributed by atoms with Crippen LogP contribution in [0.2, 0.25) is 0 Å². The zero-order valence-corrected chi connectivity index (χ0v) is 10.1. The number of carbonyl (C=O) groups is 1. The summed E-state index contributed by atoms with van der Waals surface area (Å²) in [6.07, 6.45) is -0.570. The molecule has 0 atom stereocenters. The molecule has 0 fully saturated rings. The molecule has 0 saturated carbocycles. The predicted molar refractivity (Wildman–Crippen MR) is 64.3 cm³/mol. The Morgan fingerprint density at radius 1 is 1.41 bits per heavy atom. The highest BCUT2D eigenvalue weighted by molar-refractivity contribution is 5.67. The molecule has 0 unspecified atom stereocenters. The van der Waals surface area contributed by atoms with Gasteiger partial charge in [0, 0.05) is 0 Å². The average Bonchev–Trinajstić information content (AvgIpc) is 2.34. The number of ether oxygens (including phenoxy) is 1. The van der Waals surface area contributed by atoms with Gasteiger partial charge in [0.1, 0.15) is 13.2 Å². The van der Waals surface area contributed by atoms with Crippen molar-refractivity contribution in [3.63, 3.8) is 0 Å². The van der Waals surface area contributed by atoms with Crippen LogP contribution in [-0.2, 0) is 11.3 Å². The molecule has 1 aromatic rings. The van der Waals surface area contributed by atoms with Gasteiger partial charge in [-0.1, -0.05) is 38.1 Å². The van der Waals surface area contributed by atoms with Crippen molar-refractivity contribution in [3.8, 4) is 6.07 Å². The second kappa shape index (κ2) is 6.54. The molecule has 0 aromatic heterocycles. The van der Waals surface area contributed by atoms with Crippen LogP contribution in [0.4, 0.5) is 4.79 Å². The van der Waals surface area contributed by atoms with Crippen LogP contribution in [0.5, 0.6) is 0 Å². The highest BCUT2D eigenvalue weighted by atomic mass is 16.5. The minimum Gasteiger partial charge on any atom is -0.445 e. The van der Waals surface area contributed by atoms with E-state index in [1.807, 2.05) is 24.3 Å². The Labute approximate surface area is 101 Å². The summed E-state index contributed by atoms with van der Waals surface area (Å²) in [7, 11) is 0. The molecule has 0 aliphatic carbocycles. The van der Waals surface area contributed by atoms with Crippen molar-refractivity contribution >= 4 is 6.09 Å². The van der Waals surface area contributed by atoms with Crippen LogP contribution < -0.4 is 5.32 Å². The monoisotopic (exact) mass is 232 g/mol. The summed E-state index contributed by atoms with van der Waals surface area (Å²) in [5.74, 6) is 0.490. The average molecular weight is 232 g/mol. The third-order valence-electron chi connectivity index (χ3n) is 2.33. The predicted octanol–water partition coefficient (Wildman–Crippen LogP) is 2.56. The lowest BCUT2D eigenvalue weighted by Gasteiger charge is -2.07. The van der Waals surface area contributed by atoms with Crippen LogP contribution in [0.3, 0.4) is 0 Å². The third kappa shape index (κ3) is 4.56. The number of nitrogens with one attached hydrogen (secondary N) is 1. The fourth-order valence-corrected chi connectivity index (χ4v) is 1.31. The summed E-state index contributed by atoms with van der Waals surface area (Å²) in [6.45, 7) is 4.43. The molecule has 17 heavy (non-hydrogen) atoms. The molecule has 0 spiro atoms. The van der Waals surface area contributed by atoms with Crippen molar-refractivity contribution in [3.05, 3.63) is 35.4 Å². The first kappa shape index (κ1) is 13.0. The molecule has 1 N–H and O–H groups in total. The molecule has 4 nitrogen and oxygen atoms in total. The van der Waals surface area contributed by atoms with E-state index in [4.69, 9.17) is 10.00 Å². The van der Waals surface area contributed by atoms with E-state index >= 15 is 0 Å². The molecule has 1 aromatic carbocycles. The van der Waals surface area contributed by atoms with Gasteiger partial charge in [0.15, 0.2) is 0 Å². The molecule has 0 aliphatic heterocycles. The Balaban J connectivity index is 2.42. The quantitative estimate of drug-likeness (QED) is 0.811.